The Morgan fingerprint density at radius 3 is 2.70 bits per heavy atom. The predicted octanol–water partition coefficient (Wildman–Crippen LogP) is 5.93. The first kappa shape index (κ1) is 23.9. The number of hydrogen-bond donors (Lipinski definition) is 2. The van der Waals surface area contributed by atoms with Gasteiger partial charge in [-0.25, -0.2) is 0 Å². The molecule has 0 radical (unpaired) electrons. The molecule has 0 bridgehead atoms. The third-order valence-corrected chi connectivity index (χ3v) is 11.6. The molecule has 0 aromatic rings. The Bertz CT molecular complexity index is 778. The summed E-state index contributed by atoms with van der Waals surface area (Å²) in [5.41, 5.74) is 0.641. The van der Waals surface area contributed by atoms with Crippen molar-refractivity contribution < 1.29 is 19.7 Å². The maximum atomic E-state index is 11.3. The van der Waals surface area contributed by atoms with E-state index < -0.39 is 5.97 Å². The molecule has 186 valence electrons. The van der Waals surface area contributed by atoms with E-state index in [0.717, 1.165) is 37.0 Å². The molecular formula is C29H46O4. The average Bonchev–Trinajstić information content (AvgIpc) is 3.25. The van der Waals surface area contributed by atoms with E-state index in [4.69, 9.17) is 4.74 Å². The zero-order chi connectivity index (χ0) is 23.5. The van der Waals surface area contributed by atoms with Gasteiger partial charge in [-0.1, -0.05) is 39.8 Å². The fourth-order valence-corrected chi connectivity index (χ4v) is 9.82. The molecule has 4 heteroatoms. The molecule has 3 saturated carbocycles. The fraction of sp³-hybridized carbons (Fsp3) is 0.897. The molecule has 4 fully saturated rings. The number of aliphatic hydroxyl groups excluding tert-OH is 1. The van der Waals surface area contributed by atoms with Crippen LogP contribution in [0.1, 0.15) is 85.5 Å². The number of carboxylic acids is 1. The molecule has 0 aromatic heterocycles. The second-order valence-corrected chi connectivity index (χ2v) is 13.2. The quantitative estimate of drug-likeness (QED) is 0.484. The second-order valence-electron chi connectivity index (χ2n) is 13.2. The Balaban J connectivity index is 1.31. The summed E-state index contributed by atoms with van der Waals surface area (Å²) in [6.07, 6.45) is 15.5. The van der Waals surface area contributed by atoms with Gasteiger partial charge in [0, 0.05) is 6.61 Å². The van der Waals surface area contributed by atoms with Gasteiger partial charge in [0.05, 0.1) is 18.6 Å². The maximum Gasteiger partial charge on any atom is 0.303 e. The van der Waals surface area contributed by atoms with E-state index in [0.29, 0.717) is 41.3 Å². The molecular weight excluding hydrogens is 412 g/mol. The van der Waals surface area contributed by atoms with Crippen molar-refractivity contribution in [2.24, 2.45) is 58.2 Å². The molecule has 4 unspecified atom stereocenters. The van der Waals surface area contributed by atoms with E-state index in [1.807, 2.05) is 0 Å². The van der Waals surface area contributed by atoms with Crippen LogP contribution in [0.4, 0.5) is 0 Å². The smallest absolute Gasteiger partial charge is 0.303 e. The summed E-state index contributed by atoms with van der Waals surface area (Å²) in [6.45, 7) is 9.97. The summed E-state index contributed by atoms with van der Waals surface area (Å²) in [4.78, 5) is 11.3. The molecule has 0 aromatic carbocycles. The first-order chi connectivity index (χ1) is 15.7. The van der Waals surface area contributed by atoms with Gasteiger partial charge in [-0.05, 0) is 110 Å². The van der Waals surface area contributed by atoms with Crippen molar-refractivity contribution in [3.8, 4) is 0 Å². The van der Waals surface area contributed by atoms with Crippen molar-refractivity contribution in [1.29, 1.82) is 0 Å². The zero-order valence-corrected chi connectivity index (χ0v) is 21.2. The number of aliphatic carboxylic acids is 1. The zero-order valence-electron chi connectivity index (χ0n) is 21.2. The first-order valence-corrected chi connectivity index (χ1v) is 13.8. The lowest BCUT2D eigenvalue weighted by Gasteiger charge is -2.59. The summed E-state index contributed by atoms with van der Waals surface area (Å²) in [7, 11) is 0. The number of rotatable bonds is 6. The standard InChI is InChI=1S/C29H46O4/c1-17(16-30)5-8-24-18(2)27-25(33-24)15-23-21-7-6-20-13-19(14-26(31)32)9-11-28(20,3)22(21)10-12-29(23,27)4/h9,11,17-25,27,30H,5-8,10,12-16H2,1-4H3,(H,31,32)/t17?,18-,19?,20?,21-,22+,23+,24?,25+,27+,28+,29+/m1/s1. The van der Waals surface area contributed by atoms with Crippen LogP contribution in [0.5, 0.6) is 0 Å². The van der Waals surface area contributed by atoms with Gasteiger partial charge in [-0.2, -0.15) is 0 Å². The Hall–Kier alpha value is -0.870. The number of carboxylic acid groups (broad SMARTS) is 1. The average molecular weight is 459 g/mol. The first-order valence-electron chi connectivity index (χ1n) is 13.8. The fourth-order valence-electron chi connectivity index (χ4n) is 9.82. The number of hydrogen-bond acceptors (Lipinski definition) is 3. The molecule has 2 N–H and O–H groups in total. The normalized spacial score (nSPS) is 51.4. The Morgan fingerprint density at radius 1 is 1.18 bits per heavy atom. The van der Waals surface area contributed by atoms with Crippen LogP contribution in [0.25, 0.3) is 0 Å². The highest BCUT2D eigenvalue weighted by atomic mass is 16.5. The van der Waals surface area contributed by atoms with Gasteiger partial charge in [-0.3, -0.25) is 4.79 Å². The van der Waals surface area contributed by atoms with Crippen molar-refractivity contribution in [2.75, 3.05) is 6.61 Å². The van der Waals surface area contributed by atoms with Gasteiger partial charge >= 0.3 is 5.97 Å². The van der Waals surface area contributed by atoms with Gasteiger partial charge in [0.2, 0.25) is 0 Å². The number of aliphatic hydroxyl groups is 1. The topological polar surface area (TPSA) is 66.8 Å². The molecule has 0 spiro atoms. The monoisotopic (exact) mass is 458 g/mol. The van der Waals surface area contributed by atoms with Gasteiger partial charge in [0.1, 0.15) is 0 Å². The highest BCUT2D eigenvalue weighted by Gasteiger charge is 2.65. The molecule has 0 amide bonds. The van der Waals surface area contributed by atoms with Crippen LogP contribution in [0.15, 0.2) is 12.2 Å². The van der Waals surface area contributed by atoms with Crippen molar-refractivity contribution in [2.45, 2.75) is 97.7 Å². The minimum Gasteiger partial charge on any atom is -0.481 e. The number of allylic oxidation sites excluding steroid dienone is 2. The molecule has 5 rings (SSSR count). The minimum atomic E-state index is -0.661. The lowest BCUT2D eigenvalue weighted by Crippen LogP contribution is -2.52. The largest absolute Gasteiger partial charge is 0.481 e. The third-order valence-electron chi connectivity index (χ3n) is 11.6. The van der Waals surface area contributed by atoms with Crippen LogP contribution in [0.3, 0.4) is 0 Å². The van der Waals surface area contributed by atoms with Crippen molar-refractivity contribution in [1.82, 2.24) is 0 Å². The highest BCUT2D eigenvalue weighted by Crippen LogP contribution is 2.69. The van der Waals surface area contributed by atoms with E-state index in [-0.39, 0.29) is 24.4 Å². The molecule has 4 nitrogen and oxygen atoms in total. The summed E-state index contributed by atoms with van der Waals surface area (Å²) >= 11 is 0. The van der Waals surface area contributed by atoms with Crippen LogP contribution in [0, 0.1) is 58.2 Å². The van der Waals surface area contributed by atoms with Crippen LogP contribution in [-0.4, -0.2) is 35.0 Å². The second kappa shape index (κ2) is 8.66. The maximum absolute atomic E-state index is 11.3. The lowest BCUT2D eigenvalue weighted by molar-refractivity contribution is -0.138. The van der Waals surface area contributed by atoms with Gasteiger partial charge in [0.15, 0.2) is 0 Å². The van der Waals surface area contributed by atoms with Crippen LogP contribution < -0.4 is 0 Å². The molecule has 1 saturated heterocycles. The number of fused-ring (bicyclic) bond motifs is 7. The van der Waals surface area contributed by atoms with Crippen LogP contribution in [-0.2, 0) is 9.53 Å². The molecule has 1 aliphatic heterocycles. The Morgan fingerprint density at radius 2 is 1.97 bits per heavy atom. The highest BCUT2D eigenvalue weighted by molar-refractivity contribution is 5.67. The minimum absolute atomic E-state index is 0.219. The van der Waals surface area contributed by atoms with Gasteiger partial charge < -0.3 is 14.9 Å². The molecule has 4 aliphatic carbocycles. The van der Waals surface area contributed by atoms with E-state index in [1.165, 1.54) is 32.1 Å². The summed E-state index contributed by atoms with van der Waals surface area (Å²) in [5, 5.41) is 18.7. The van der Waals surface area contributed by atoms with E-state index in [2.05, 4.69) is 39.8 Å². The summed E-state index contributed by atoms with van der Waals surface area (Å²) < 4.78 is 6.76. The van der Waals surface area contributed by atoms with Crippen LogP contribution in [0.2, 0.25) is 0 Å². The molecule has 5 aliphatic rings. The Labute approximate surface area is 200 Å². The van der Waals surface area contributed by atoms with E-state index in [9.17, 15) is 15.0 Å². The van der Waals surface area contributed by atoms with Crippen molar-refractivity contribution in [3.05, 3.63) is 12.2 Å². The van der Waals surface area contributed by atoms with Gasteiger partial charge in [0.25, 0.3) is 0 Å². The molecule has 12 atom stereocenters. The predicted molar refractivity (Wildman–Crippen MR) is 130 cm³/mol. The SMILES string of the molecule is CC(CO)CCC1O[C@H]2C[C@H]3[C@@H]4CCC5CC(CC(=O)O)C=C[C@]5(C)[C@H]4CC[C@]3(C)[C@H]2[C@@H]1C. The van der Waals surface area contributed by atoms with Gasteiger partial charge in [-0.15, -0.1) is 0 Å². The Kier molecular flexibility index (Phi) is 6.26. The summed E-state index contributed by atoms with van der Waals surface area (Å²) in [5.74, 6) is 4.18. The van der Waals surface area contributed by atoms with Crippen molar-refractivity contribution in [3.63, 3.8) is 0 Å². The van der Waals surface area contributed by atoms with Crippen LogP contribution >= 0.6 is 0 Å². The van der Waals surface area contributed by atoms with E-state index in [1.54, 1.807) is 0 Å². The molecule has 33 heavy (non-hydrogen) atoms. The molecule has 1 heterocycles. The number of ether oxygens (including phenoxy) is 1. The lowest BCUT2D eigenvalue weighted by atomic mass is 9.45. The van der Waals surface area contributed by atoms with Crippen molar-refractivity contribution >= 4 is 5.97 Å². The van der Waals surface area contributed by atoms with E-state index >= 15 is 0 Å². The summed E-state index contributed by atoms with van der Waals surface area (Å²) in [6, 6.07) is 0. The third kappa shape index (κ3) is 3.82. The number of carbonyl (C=O) groups is 1.